The number of hydrogen-bond donors (Lipinski definition) is 0. The summed E-state index contributed by atoms with van der Waals surface area (Å²) in [4.78, 5) is 31.4. The van der Waals surface area contributed by atoms with Crippen LogP contribution in [0.4, 0.5) is 4.39 Å². The number of rotatable bonds is 9. The molecule has 0 saturated carbocycles. The third-order valence-electron chi connectivity index (χ3n) is 6.08. The second kappa shape index (κ2) is 12.3. The van der Waals surface area contributed by atoms with Gasteiger partial charge in [-0.05, 0) is 55.2 Å². The van der Waals surface area contributed by atoms with E-state index in [9.17, 15) is 14.0 Å². The van der Waals surface area contributed by atoms with Crippen molar-refractivity contribution < 1.29 is 18.7 Å². The zero-order valence-corrected chi connectivity index (χ0v) is 19.6. The van der Waals surface area contributed by atoms with Gasteiger partial charge in [-0.3, -0.25) is 14.5 Å². The van der Waals surface area contributed by atoms with Crippen LogP contribution in [-0.4, -0.2) is 72.9 Å². The second-order valence-electron chi connectivity index (χ2n) is 8.40. The van der Waals surface area contributed by atoms with E-state index in [1.165, 1.54) is 12.1 Å². The number of benzene rings is 2. The number of methoxy groups -OCH3 is 1. The van der Waals surface area contributed by atoms with Crippen LogP contribution < -0.4 is 4.74 Å². The predicted molar refractivity (Wildman–Crippen MR) is 126 cm³/mol. The Hall–Kier alpha value is -2.93. The van der Waals surface area contributed by atoms with E-state index in [0.717, 1.165) is 29.8 Å². The fourth-order valence-electron chi connectivity index (χ4n) is 4.10. The Bertz CT molecular complexity index is 919. The maximum absolute atomic E-state index is 13.5. The molecule has 0 bridgehead atoms. The van der Waals surface area contributed by atoms with Gasteiger partial charge in [0.1, 0.15) is 11.6 Å². The summed E-state index contributed by atoms with van der Waals surface area (Å²) in [5.74, 6) is 0.700. The smallest absolute Gasteiger partial charge is 0.237 e. The van der Waals surface area contributed by atoms with E-state index in [2.05, 4.69) is 4.90 Å². The highest BCUT2D eigenvalue weighted by Crippen LogP contribution is 2.14. The van der Waals surface area contributed by atoms with Crippen molar-refractivity contribution in [3.8, 4) is 5.75 Å². The van der Waals surface area contributed by atoms with Gasteiger partial charge in [-0.1, -0.05) is 24.3 Å². The highest BCUT2D eigenvalue weighted by molar-refractivity contribution is 5.78. The molecular formula is C26H34FN3O3. The number of carbonyl (C=O) groups excluding carboxylic acids is 2. The van der Waals surface area contributed by atoms with Crippen molar-refractivity contribution in [1.29, 1.82) is 0 Å². The highest BCUT2D eigenvalue weighted by atomic mass is 19.1. The molecule has 1 aliphatic rings. The van der Waals surface area contributed by atoms with Gasteiger partial charge in [-0.25, -0.2) is 4.39 Å². The maximum atomic E-state index is 13.5. The minimum Gasteiger partial charge on any atom is -0.497 e. The first-order chi connectivity index (χ1) is 16.0. The van der Waals surface area contributed by atoms with Crippen LogP contribution in [0.3, 0.4) is 0 Å². The van der Waals surface area contributed by atoms with Gasteiger partial charge in [0, 0.05) is 45.7 Å². The van der Waals surface area contributed by atoms with Gasteiger partial charge in [0.15, 0.2) is 0 Å². The molecule has 178 valence electrons. The van der Waals surface area contributed by atoms with E-state index in [0.29, 0.717) is 52.1 Å². The molecule has 2 aromatic carbocycles. The quantitative estimate of drug-likeness (QED) is 0.582. The Morgan fingerprint density at radius 3 is 2.52 bits per heavy atom. The summed E-state index contributed by atoms with van der Waals surface area (Å²) >= 11 is 0. The highest BCUT2D eigenvalue weighted by Gasteiger charge is 2.22. The monoisotopic (exact) mass is 455 g/mol. The van der Waals surface area contributed by atoms with Crippen molar-refractivity contribution in [3.05, 3.63) is 65.5 Å². The third kappa shape index (κ3) is 7.56. The largest absolute Gasteiger partial charge is 0.497 e. The van der Waals surface area contributed by atoms with Crippen molar-refractivity contribution in [1.82, 2.24) is 14.7 Å². The zero-order chi connectivity index (χ0) is 23.6. The number of nitrogens with zero attached hydrogens (tertiary/aromatic N) is 3. The number of halogens is 1. The molecule has 1 saturated heterocycles. The van der Waals surface area contributed by atoms with E-state index >= 15 is 0 Å². The average molecular weight is 456 g/mol. The normalized spacial score (nSPS) is 14.6. The molecule has 0 unspecified atom stereocenters. The first-order valence-corrected chi connectivity index (χ1v) is 11.6. The van der Waals surface area contributed by atoms with Gasteiger partial charge in [0.05, 0.1) is 13.7 Å². The number of amides is 2. The molecule has 1 aliphatic heterocycles. The second-order valence-corrected chi connectivity index (χ2v) is 8.40. The Morgan fingerprint density at radius 1 is 1.03 bits per heavy atom. The molecule has 1 fully saturated rings. The Labute approximate surface area is 195 Å². The lowest BCUT2D eigenvalue weighted by molar-refractivity contribution is -0.132. The van der Waals surface area contributed by atoms with Crippen LogP contribution in [-0.2, 0) is 22.6 Å². The average Bonchev–Trinajstić information content (AvgIpc) is 3.07. The molecule has 0 aromatic heterocycles. The minimum atomic E-state index is -0.291. The molecule has 0 radical (unpaired) electrons. The Morgan fingerprint density at radius 2 is 1.82 bits per heavy atom. The predicted octanol–water partition coefficient (Wildman–Crippen LogP) is 3.35. The molecular weight excluding hydrogens is 421 g/mol. The van der Waals surface area contributed by atoms with Crippen LogP contribution in [0.15, 0.2) is 48.5 Å². The van der Waals surface area contributed by atoms with Gasteiger partial charge in [0.25, 0.3) is 0 Å². The SMILES string of the molecule is CCN(Cc1cccc(F)c1)C(=O)CN1CCCN(C(=O)CCc2ccc(OC)cc2)CC1. The minimum absolute atomic E-state index is 0.0287. The van der Waals surface area contributed by atoms with Gasteiger partial charge in [0.2, 0.25) is 11.8 Å². The summed E-state index contributed by atoms with van der Waals surface area (Å²) in [5.41, 5.74) is 1.90. The molecule has 2 aromatic rings. The van der Waals surface area contributed by atoms with Crippen molar-refractivity contribution in [2.75, 3.05) is 46.4 Å². The van der Waals surface area contributed by atoms with E-state index in [1.807, 2.05) is 42.2 Å². The van der Waals surface area contributed by atoms with E-state index in [-0.39, 0.29) is 17.6 Å². The summed E-state index contributed by atoms with van der Waals surface area (Å²) in [6.45, 7) is 6.02. The van der Waals surface area contributed by atoms with Crippen LogP contribution in [0.25, 0.3) is 0 Å². The number of aryl methyl sites for hydroxylation is 1. The molecule has 1 heterocycles. The molecule has 0 atom stereocenters. The van der Waals surface area contributed by atoms with Gasteiger partial charge < -0.3 is 14.5 Å². The molecule has 0 aliphatic carbocycles. The van der Waals surface area contributed by atoms with Gasteiger partial charge in [-0.15, -0.1) is 0 Å². The van der Waals surface area contributed by atoms with Crippen molar-refractivity contribution in [2.45, 2.75) is 32.7 Å². The molecule has 2 amide bonds. The topological polar surface area (TPSA) is 53.1 Å². The fourth-order valence-corrected chi connectivity index (χ4v) is 4.10. The zero-order valence-electron chi connectivity index (χ0n) is 19.6. The maximum Gasteiger partial charge on any atom is 0.237 e. The van der Waals surface area contributed by atoms with Crippen molar-refractivity contribution >= 4 is 11.8 Å². The Balaban J connectivity index is 1.46. The lowest BCUT2D eigenvalue weighted by atomic mass is 10.1. The Kier molecular flexibility index (Phi) is 9.24. The molecule has 0 N–H and O–H groups in total. The van der Waals surface area contributed by atoms with Crippen LogP contribution in [0.5, 0.6) is 5.75 Å². The fraction of sp³-hybridized carbons (Fsp3) is 0.462. The number of ether oxygens (including phenoxy) is 1. The van der Waals surface area contributed by atoms with E-state index in [4.69, 9.17) is 4.74 Å². The lowest BCUT2D eigenvalue weighted by Crippen LogP contribution is -2.41. The summed E-state index contributed by atoms with van der Waals surface area (Å²) in [7, 11) is 1.64. The first-order valence-electron chi connectivity index (χ1n) is 11.6. The van der Waals surface area contributed by atoms with E-state index < -0.39 is 0 Å². The molecule has 0 spiro atoms. The van der Waals surface area contributed by atoms with Crippen LogP contribution in [0, 0.1) is 5.82 Å². The van der Waals surface area contributed by atoms with Gasteiger partial charge in [-0.2, -0.15) is 0 Å². The van der Waals surface area contributed by atoms with Crippen LogP contribution >= 0.6 is 0 Å². The van der Waals surface area contributed by atoms with Crippen LogP contribution in [0.2, 0.25) is 0 Å². The number of carbonyl (C=O) groups is 2. The summed E-state index contributed by atoms with van der Waals surface area (Å²) in [6, 6.07) is 14.2. The first kappa shape index (κ1) is 24.7. The van der Waals surface area contributed by atoms with Gasteiger partial charge >= 0.3 is 0 Å². The molecule has 33 heavy (non-hydrogen) atoms. The molecule has 7 heteroatoms. The molecule has 6 nitrogen and oxygen atoms in total. The van der Waals surface area contributed by atoms with E-state index in [1.54, 1.807) is 18.1 Å². The number of hydrogen-bond acceptors (Lipinski definition) is 4. The summed E-state index contributed by atoms with van der Waals surface area (Å²) in [6.07, 6.45) is 2.02. The summed E-state index contributed by atoms with van der Waals surface area (Å²) < 4.78 is 18.7. The summed E-state index contributed by atoms with van der Waals surface area (Å²) in [5, 5.41) is 0. The molecule has 3 rings (SSSR count). The van der Waals surface area contributed by atoms with Crippen molar-refractivity contribution in [2.24, 2.45) is 0 Å². The van der Waals surface area contributed by atoms with Crippen LogP contribution in [0.1, 0.15) is 30.9 Å². The lowest BCUT2D eigenvalue weighted by Gasteiger charge is -2.26. The third-order valence-corrected chi connectivity index (χ3v) is 6.08. The number of likely N-dealkylation sites (N-methyl/N-ethyl adjacent to an activating group) is 1. The van der Waals surface area contributed by atoms with Crippen molar-refractivity contribution in [3.63, 3.8) is 0 Å². The standard InChI is InChI=1S/C26H34FN3O3/c1-3-29(19-22-6-4-7-23(27)18-22)26(32)20-28-14-5-15-30(17-16-28)25(31)13-10-21-8-11-24(33-2)12-9-21/h4,6-9,11-12,18H,3,5,10,13-17,19-20H2,1-2H3.